The first kappa shape index (κ1) is 24.9. The topological polar surface area (TPSA) is 75.2 Å². The van der Waals surface area contributed by atoms with Crippen LogP contribution in [0, 0.1) is 5.92 Å². The fourth-order valence-corrected chi connectivity index (χ4v) is 4.99. The lowest BCUT2D eigenvalue weighted by atomic mass is 10.1. The van der Waals surface area contributed by atoms with E-state index in [0.717, 1.165) is 61.8 Å². The maximum absolute atomic E-state index is 12.7. The predicted molar refractivity (Wildman–Crippen MR) is 137 cm³/mol. The molecule has 2 atom stereocenters. The minimum absolute atomic E-state index is 0. The average Bonchev–Trinajstić information content (AvgIpc) is 3.51. The van der Waals surface area contributed by atoms with E-state index in [4.69, 9.17) is 9.47 Å². The molecule has 8 heteroatoms. The van der Waals surface area contributed by atoms with Gasteiger partial charge in [-0.15, -0.1) is 24.0 Å². The predicted octanol–water partition coefficient (Wildman–Crippen LogP) is 3.48. The van der Waals surface area contributed by atoms with Gasteiger partial charge < -0.3 is 25.0 Å². The molecule has 178 valence electrons. The molecule has 1 aromatic rings. The molecule has 0 aromatic heterocycles. The number of halogens is 1. The summed E-state index contributed by atoms with van der Waals surface area (Å²) in [7, 11) is 1.78. The zero-order chi connectivity index (χ0) is 21.8. The van der Waals surface area contributed by atoms with Gasteiger partial charge in [0.1, 0.15) is 17.6 Å². The van der Waals surface area contributed by atoms with Gasteiger partial charge in [0, 0.05) is 56.2 Å². The molecule has 2 unspecified atom stereocenters. The molecule has 2 heterocycles. The van der Waals surface area contributed by atoms with Crippen LogP contribution >= 0.6 is 24.0 Å². The number of guanidine groups is 1. The van der Waals surface area contributed by atoms with Crippen molar-refractivity contribution in [3.63, 3.8) is 0 Å². The first-order valence-electron chi connectivity index (χ1n) is 11.8. The van der Waals surface area contributed by atoms with Gasteiger partial charge in [0.05, 0.1) is 6.61 Å². The second kappa shape index (κ2) is 11.4. The van der Waals surface area contributed by atoms with Gasteiger partial charge in [0.25, 0.3) is 0 Å². The third-order valence-electron chi connectivity index (χ3n) is 6.59. The fourth-order valence-electron chi connectivity index (χ4n) is 4.99. The van der Waals surface area contributed by atoms with E-state index in [1.165, 1.54) is 18.4 Å². The minimum Gasteiger partial charge on any atom is -0.494 e. The van der Waals surface area contributed by atoms with Gasteiger partial charge in [-0.25, -0.2) is 0 Å². The molecule has 1 saturated carbocycles. The van der Waals surface area contributed by atoms with E-state index in [9.17, 15) is 4.79 Å². The lowest BCUT2D eigenvalue weighted by Crippen LogP contribution is -2.45. The van der Waals surface area contributed by atoms with Crippen molar-refractivity contribution >= 4 is 35.8 Å². The van der Waals surface area contributed by atoms with Crippen LogP contribution in [0.1, 0.15) is 57.1 Å². The Bertz CT molecular complexity index is 826. The molecular weight excluding hydrogens is 519 g/mol. The van der Waals surface area contributed by atoms with Gasteiger partial charge in [0.2, 0.25) is 5.91 Å². The number of benzene rings is 1. The zero-order valence-electron chi connectivity index (χ0n) is 19.5. The fraction of sp³-hybridized carbons (Fsp3) is 0.667. The largest absolute Gasteiger partial charge is 0.494 e. The molecule has 0 bridgehead atoms. The third kappa shape index (κ3) is 5.80. The number of ether oxygens (including phenoxy) is 2. The number of hydrogen-bond acceptors (Lipinski definition) is 4. The third-order valence-corrected chi connectivity index (χ3v) is 6.59. The van der Waals surface area contributed by atoms with Gasteiger partial charge in [-0.1, -0.05) is 12.8 Å². The second-order valence-corrected chi connectivity index (χ2v) is 8.95. The van der Waals surface area contributed by atoms with E-state index >= 15 is 0 Å². The minimum atomic E-state index is 0. The number of carbonyl (C=O) groups excluding carboxylic acids is 1. The number of aliphatic imine (C=N–C) groups is 1. The molecule has 1 aliphatic carbocycles. The van der Waals surface area contributed by atoms with E-state index in [1.807, 2.05) is 11.8 Å². The van der Waals surface area contributed by atoms with Crippen molar-refractivity contribution in [1.82, 2.24) is 15.5 Å². The summed E-state index contributed by atoms with van der Waals surface area (Å²) in [6.45, 7) is 6.90. The molecule has 4 rings (SSSR count). The maximum Gasteiger partial charge on any atom is 0.225 e. The molecule has 32 heavy (non-hydrogen) atoms. The first-order chi connectivity index (χ1) is 15.1. The summed E-state index contributed by atoms with van der Waals surface area (Å²) in [5, 5.41) is 6.91. The standard InChI is InChI=1S/C24H36N4O3.HI/c1-4-30-21-12-18-11-16(2)31-22(18)13-19(21)14-26-24(25-3)27-20-9-10-28(15-20)23(29)17-7-5-6-8-17;/h12-13,16-17,20H,4-11,14-15H2,1-3H3,(H2,25,26,27);1H. The molecule has 3 aliphatic rings. The van der Waals surface area contributed by atoms with E-state index in [-0.39, 0.29) is 42.0 Å². The summed E-state index contributed by atoms with van der Waals surface area (Å²) in [6.07, 6.45) is 6.58. The van der Waals surface area contributed by atoms with Gasteiger partial charge in [-0.2, -0.15) is 0 Å². The van der Waals surface area contributed by atoms with Crippen molar-refractivity contribution in [1.29, 1.82) is 0 Å². The summed E-state index contributed by atoms with van der Waals surface area (Å²) in [5.41, 5.74) is 2.27. The highest BCUT2D eigenvalue weighted by Gasteiger charge is 2.32. The lowest BCUT2D eigenvalue weighted by molar-refractivity contribution is -0.134. The molecule has 0 spiro atoms. The van der Waals surface area contributed by atoms with Crippen molar-refractivity contribution in [3.05, 3.63) is 23.3 Å². The molecule has 1 saturated heterocycles. The van der Waals surface area contributed by atoms with Gasteiger partial charge in [0.15, 0.2) is 5.96 Å². The molecule has 2 aliphatic heterocycles. The number of nitrogens with one attached hydrogen (secondary N) is 2. The molecule has 2 fully saturated rings. The molecule has 7 nitrogen and oxygen atoms in total. The van der Waals surface area contributed by atoms with Crippen molar-refractivity contribution in [2.24, 2.45) is 10.9 Å². The van der Waals surface area contributed by atoms with Crippen molar-refractivity contribution < 1.29 is 14.3 Å². The summed E-state index contributed by atoms with van der Waals surface area (Å²) in [5.74, 6) is 3.19. The molecular formula is C24H37IN4O3. The highest BCUT2D eigenvalue weighted by atomic mass is 127. The Morgan fingerprint density at radius 3 is 2.78 bits per heavy atom. The zero-order valence-corrected chi connectivity index (χ0v) is 21.8. The molecule has 2 N–H and O–H groups in total. The number of amides is 1. The Morgan fingerprint density at radius 1 is 1.28 bits per heavy atom. The van der Waals surface area contributed by atoms with Crippen LogP contribution in [0.15, 0.2) is 17.1 Å². The summed E-state index contributed by atoms with van der Waals surface area (Å²) in [4.78, 5) is 19.1. The summed E-state index contributed by atoms with van der Waals surface area (Å²) in [6, 6.07) is 4.42. The Morgan fingerprint density at radius 2 is 2.06 bits per heavy atom. The van der Waals surface area contributed by atoms with Crippen LogP contribution in [0.3, 0.4) is 0 Å². The average molecular weight is 556 g/mol. The molecule has 1 amide bonds. The maximum atomic E-state index is 12.7. The Labute approximate surface area is 208 Å². The van der Waals surface area contributed by atoms with E-state index < -0.39 is 0 Å². The van der Waals surface area contributed by atoms with Gasteiger partial charge in [-0.05, 0) is 45.2 Å². The van der Waals surface area contributed by atoms with Crippen LogP contribution in [0.2, 0.25) is 0 Å². The van der Waals surface area contributed by atoms with Gasteiger partial charge >= 0.3 is 0 Å². The van der Waals surface area contributed by atoms with Crippen LogP contribution in [0.25, 0.3) is 0 Å². The van der Waals surface area contributed by atoms with E-state index in [0.29, 0.717) is 19.1 Å². The highest BCUT2D eigenvalue weighted by Crippen LogP contribution is 2.35. The molecule has 0 radical (unpaired) electrons. The number of hydrogen-bond donors (Lipinski definition) is 2. The summed E-state index contributed by atoms with van der Waals surface area (Å²) >= 11 is 0. The number of likely N-dealkylation sites (tertiary alicyclic amines) is 1. The highest BCUT2D eigenvalue weighted by molar-refractivity contribution is 14.0. The smallest absolute Gasteiger partial charge is 0.225 e. The lowest BCUT2D eigenvalue weighted by Gasteiger charge is -2.22. The first-order valence-corrected chi connectivity index (χ1v) is 11.8. The normalized spacial score (nSPS) is 22.8. The quantitative estimate of drug-likeness (QED) is 0.319. The van der Waals surface area contributed by atoms with Crippen molar-refractivity contribution in [2.45, 2.75) is 71.1 Å². The van der Waals surface area contributed by atoms with E-state index in [1.54, 1.807) is 7.05 Å². The van der Waals surface area contributed by atoms with Crippen LogP contribution < -0.4 is 20.1 Å². The Kier molecular flexibility index (Phi) is 8.90. The SMILES string of the molecule is CCOc1cc2c(cc1CNC(=NC)NC1CCN(C(=O)C3CCCC3)C1)OC(C)C2.I. The number of rotatable bonds is 6. The van der Waals surface area contributed by atoms with Crippen LogP contribution in [0.4, 0.5) is 0 Å². The number of nitrogens with zero attached hydrogens (tertiary/aromatic N) is 2. The number of fused-ring (bicyclic) bond motifs is 1. The van der Waals surface area contributed by atoms with E-state index in [2.05, 4.69) is 34.7 Å². The van der Waals surface area contributed by atoms with Crippen molar-refractivity contribution in [3.8, 4) is 11.5 Å². The Balaban J connectivity index is 0.00000289. The molecule has 1 aromatic carbocycles. The monoisotopic (exact) mass is 556 g/mol. The van der Waals surface area contributed by atoms with Crippen LogP contribution in [-0.2, 0) is 17.8 Å². The number of carbonyl (C=O) groups is 1. The van der Waals surface area contributed by atoms with Crippen LogP contribution in [0.5, 0.6) is 11.5 Å². The van der Waals surface area contributed by atoms with Crippen molar-refractivity contribution in [2.75, 3.05) is 26.7 Å². The Hall–Kier alpha value is -1.71. The summed E-state index contributed by atoms with van der Waals surface area (Å²) < 4.78 is 11.8. The van der Waals surface area contributed by atoms with Crippen LogP contribution in [-0.4, -0.2) is 55.7 Å². The van der Waals surface area contributed by atoms with Gasteiger partial charge in [-0.3, -0.25) is 9.79 Å². The second-order valence-electron chi connectivity index (χ2n) is 8.95.